The first-order valence-corrected chi connectivity index (χ1v) is 7.53. The quantitative estimate of drug-likeness (QED) is 0.590. The van der Waals surface area contributed by atoms with E-state index in [0.717, 1.165) is 0 Å². The van der Waals surface area contributed by atoms with Crippen LogP contribution in [0.3, 0.4) is 0 Å². The molecule has 0 atom stereocenters. The summed E-state index contributed by atoms with van der Waals surface area (Å²) in [7, 11) is 0. The van der Waals surface area contributed by atoms with Gasteiger partial charge in [-0.1, -0.05) is 47.5 Å². The van der Waals surface area contributed by atoms with Gasteiger partial charge in [0.25, 0.3) is 0 Å². The molecular formula is C14H21BrN+. The van der Waals surface area contributed by atoms with E-state index in [0.29, 0.717) is 0 Å². The molecule has 0 aliphatic carbocycles. The van der Waals surface area contributed by atoms with Gasteiger partial charge in [-0.25, -0.2) is 4.58 Å². The van der Waals surface area contributed by atoms with Gasteiger partial charge < -0.3 is 0 Å². The summed E-state index contributed by atoms with van der Waals surface area (Å²) >= 11 is 2.94. The molecule has 0 bridgehead atoms. The van der Waals surface area contributed by atoms with Crippen molar-refractivity contribution < 1.29 is 4.58 Å². The number of rotatable bonds is 3. The first-order chi connectivity index (χ1) is 7.90. The molecule has 0 amide bonds. The van der Waals surface area contributed by atoms with Crippen molar-refractivity contribution >= 4 is 22.1 Å². The fraction of sp³-hybridized carbons (Fsp3) is 0.500. The number of nitrogens with zero attached hydrogens (tertiary/aromatic N) is 1. The van der Waals surface area contributed by atoms with Crippen LogP contribution in [0.15, 0.2) is 24.3 Å². The minimum absolute atomic E-state index is 1.19. The molecule has 2 rings (SSSR count). The highest BCUT2D eigenvalue weighted by Crippen LogP contribution is 2.11. The molecule has 0 fully saturated rings. The van der Waals surface area contributed by atoms with Gasteiger partial charge in [-0.3, -0.25) is 0 Å². The van der Waals surface area contributed by atoms with Crippen LogP contribution in [0, 0.1) is 0 Å². The van der Waals surface area contributed by atoms with E-state index in [1.165, 1.54) is 43.5 Å². The molecule has 1 nitrogen and oxygen atoms in total. The SMILES string of the molecule is CBr.CCCC[N+]1=Cc2ccccc2CC1. The summed E-state index contributed by atoms with van der Waals surface area (Å²) < 4.78 is 2.45. The Morgan fingerprint density at radius 1 is 1.25 bits per heavy atom. The van der Waals surface area contributed by atoms with Crippen molar-refractivity contribution in [3.8, 4) is 0 Å². The highest BCUT2D eigenvalue weighted by molar-refractivity contribution is 9.08. The van der Waals surface area contributed by atoms with Gasteiger partial charge in [0.05, 0.1) is 0 Å². The first-order valence-electron chi connectivity index (χ1n) is 5.95. The first kappa shape index (κ1) is 13.4. The van der Waals surface area contributed by atoms with Crippen molar-refractivity contribution in [2.75, 3.05) is 18.9 Å². The van der Waals surface area contributed by atoms with E-state index in [2.05, 4.69) is 57.9 Å². The largest absolute Gasteiger partial charge is 0.235 e. The number of fused-ring (bicyclic) bond motifs is 1. The summed E-state index contributed by atoms with van der Waals surface area (Å²) in [5, 5.41) is 0. The third kappa shape index (κ3) is 3.75. The zero-order valence-corrected chi connectivity index (χ0v) is 11.8. The lowest BCUT2D eigenvalue weighted by molar-refractivity contribution is -0.524. The normalized spacial score (nSPS) is 13.3. The fourth-order valence-corrected chi connectivity index (χ4v) is 1.95. The molecule has 1 aliphatic heterocycles. The lowest BCUT2D eigenvalue weighted by Gasteiger charge is -2.11. The molecular weight excluding hydrogens is 262 g/mol. The Hall–Kier alpha value is -0.630. The van der Waals surface area contributed by atoms with Crippen LogP contribution >= 0.6 is 15.9 Å². The second-order valence-corrected chi connectivity index (χ2v) is 3.97. The third-order valence-corrected chi connectivity index (χ3v) is 2.84. The summed E-state index contributed by atoms with van der Waals surface area (Å²) in [4.78, 5) is 0. The lowest BCUT2D eigenvalue weighted by Crippen LogP contribution is -2.23. The van der Waals surface area contributed by atoms with Crippen LogP contribution in [0.2, 0.25) is 0 Å². The van der Waals surface area contributed by atoms with E-state index in [1.54, 1.807) is 0 Å². The Kier molecular flexibility index (Phi) is 6.39. The van der Waals surface area contributed by atoms with E-state index in [9.17, 15) is 0 Å². The van der Waals surface area contributed by atoms with Crippen molar-refractivity contribution in [3.05, 3.63) is 35.4 Å². The van der Waals surface area contributed by atoms with Gasteiger partial charge in [-0.2, -0.15) is 0 Å². The van der Waals surface area contributed by atoms with Crippen LogP contribution < -0.4 is 0 Å². The molecule has 1 aromatic rings. The summed E-state index contributed by atoms with van der Waals surface area (Å²) in [5.74, 6) is 1.81. The van der Waals surface area contributed by atoms with Gasteiger partial charge in [0.1, 0.15) is 13.1 Å². The Bertz CT molecular complexity index is 344. The van der Waals surface area contributed by atoms with Crippen molar-refractivity contribution in [2.24, 2.45) is 0 Å². The van der Waals surface area contributed by atoms with Crippen molar-refractivity contribution in [1.29, 1.82) is 0 Å². The van der Waals surface area contributed by atoms with Crippen LogP contribution in [0.1, 0.15) is 30.9 Å². The van der Waals surface area contributed by atoms with Crippen LogP contribution in [0.4, 0.5) is 0 Å². The van der Waals surface area contributed by atoms with E-state index < -0.39 is 0 Å². The van der Waals surface area contributed by atoms with E-state index in [1.807, 2.05) is 5.83 Å². The van der Waals surface area contributed by atoms with Crippen molar-refractivity contribution in [1.82, 2.24) is 0 Å². The third-order valence-electron chi connectivity index (χ3n) is 2.84. The van der Waals surface area contributed by atoms with Crippen LogP contribution in [-0.4, -0.2) is 29.7 Å². The maximum absolute atomic E-state index is 2.94. The van der Waals surface area contributed by atoms with Crippen LogP contribution in [0.25, 0.3) is 0 Å². The fourth-order valence-electron chi connectivity index (χ4n) is 1.95. The summed E-state index contributed by atoms with van der Waals surface area (Å²) in [6.45, 7) is 4.65. The van der Waals surface area contributed by atoms with Gasteiger partial charge in [-0.15, -0.1) is 0 Å². The molecule has 1 heterocycles. The second kappa shape index (κ2) is 7.61. The smallest absolute Gasteiger partial charge is 0.170 e. The van der Waals surface area contributed by atoms with Gasteiger partial charge in [-0.05, 0) is 17.5 Å². The highest BCUT2D eigenvalue weighted by atomic mass is 79.9. The molecule has 0 N–H and O–H groups in total. The Morgan fingerprint density at radius 2 is 2.00 bits per heavy atom. The summed E-state index contributed by atoms with van der Waals surface area (Å²) in [6, 6.07) is 8.71. The predicted octanol–water partition coefficient (Wildman–Crippen LogP) is 3.49. The van der Waals surface area contributed by atoms with Gasteiger partial charge in [0.2, 0.25) is 0 Å². The maximum atomic E-state index is 2.94. The van der Waals surface area contributed by atoms with E-state index >= 15 is 0 Å². The zero-order chi connectivity index (χ0) is 11.8. The van der Waals surface area contributed by atoms with Gasteiger partial charge in [0, 0.05) is 18.4 Å². The molecule has 0 unspecified atom stereocenters. The standard InChI is InChI=1S/C13H18N.CH3Br/c1-2-3-9-14-10-8-12-6-4-5-7-13(12)11-14;1-2/h4-7,11H,2-3,8-10H2,1H3;1H3/q+1;. The Morgan fingerprint density at radius 3 is 2.75 bits per heavy atom. The zero-order valence-electron chi connectivity index (χ0n) is 10.2. The van der Waals surface area contributed by atoms with Gasteiger partial charge in [0.15, 0.2) is 6.21 Å². The summed E-state index contributed by atoms with van der Waals surface area (Å²) in [5.41, 5.74) is 2.91. The molecule has 16 heavy (non-hydrogen) atoms. The van der Waals surface area contributed by atoms with Crippen LogP contribution in [-0.2, 0) is 6.42 Å². The maximum Gasteiger partial charge on any atom is 0.170 e. The number of benzene rings is 1. The molecule has 0 saturated heterocycles. The van der Waals surface area contributed by atoms with Crippen molar-refractivity contribution in [2.45, 2.75) is 26.2 Å². The second-order valence-electron chi connectivity index (χ2n) is 3.97. The minimum Gasteiger partial charge on any atom is -0.235 e. The van der Waals surface area contributed by atoms with E-state index in [-0.39, 0.29) is 0 Å². The highest BCUT2D eigenvalue weighted by Gasteiger charge is 2.13. The van der Waals surface area contributed by atoms with Crippen LogP contribution in [0.5, 0.6) is 0 Å². The molecule has 2 heteroatoms. The lowest BCUT2D eigenvalue weighted by atomic mass is 10.0. The van der Waals surface area contributed by atoms with Gasteiger partial charge >= 0.3 is 0 Å². The molecule has 1 aromatic carbocycles. The molecule has 0 aromatic heterocycles. The molecule has 88 valence electrons. The minimum atomic E-state index is 1.19. The molecule has 1 aliphatic rings. The average Bonchev–Trinajstić information content (AvgIpc) is 2.38. The van der Waals surface area contributed by atoms with E-state index in [4.69, 9.17) is 0 Å². The number of unbranched alkanes of at least 4 members (excludes halogenated alkanes) is 1. The Labute approximate surface area is 107 Å². The monoisotopic (exact) mass is 282 g/mol. The topological polar surface area (TPSA) is 3.01 Å². The van der Waals surface area contributed by atoms with Crippen molar-refractivity contribution in [3.63, 3.8) is 0 Å². The molecule has 0 saturated carbocycles. The molecule has 0 radical (unpaired) electrons. The summed E-state index contributed by atoms with van der Waals surface area (Å²) in [6.07, 6.45) is 6.11. The Balaban J connectivity index is 0.000000606. The average molecular weight is 283 g/mol. The number of halogens is 1. The number of hydrogen-bond acceptors (Lipinski definition) is 0. The number of hydrogen-bond donors (Lipinski definition) is 0. The number of alkyl halides is 1. The molecule has 0 spiro atoms. The predicted molar refractivity (Wildman–Crippen MR) is 75.1 cm³/mol.